The van der Waals surface area contributed by atoms with E-state index in [1.165, 1.54) is 0 Å². The normalized spacial score (nSPS) is 16.4. The first-order valence-electron chi connectivity index (χ1n) is 10.5. The molecular formula is C25H22N4O2. The number of ketones is 1. The van der Waals surface area contributed by atoms with Crippen molar-refractivity contribution in [1.29, 1.82) is 0 Å². The van der Waals surface area contributed by atoms with Crippen molar-refractivity contribution in [3.05, 3.63) is 102 Å². The first kappa shape index (κ1) is 19.2. The van der Waals surface area contributed by atoms with Crippen LogP contribution in [0, 0.1) is 0 Å². The minimum Gasteiger partial charge on any atom is -0.338 e. The molecule has 2 aromatic heterocycles. The van der Waals surface area contributed by atoms with Crippen molar-refractivity contribution in [2.75, 3.05) is 13.1 Å². The monoisotopic (exact) mass is 410 g/mol. The van der Waals surface area contributed by atoms with Crippen molar-refractivity contribution in [3.8, 4) is 0 Å². The van der Waals surface area contributed by atoms with Gasteiger partial charge in [-0.25, -0.2) is 0 Å². The zero-order chi connectivity index (χ0) is 21.2. The van der Waals surface area contributed by atoms with E-state index >= 15 is 0 Å². The van der Waals surface area contributed by atoms with Crippen LogP contribution >= 0.6 is 0 Å². The molecule has 3 heterocycles. The molecule has 6 nitrogen and oxygen atoms in total. The number of piperidine rings is 1. The molecule has 0 spiro atoms. The molecule has 0 radical (unpaired) electrons. The maximum Gasteiger partial charge on any atom is 0.254 e. The maximum absolute atomic E-state index is 13.5. The van der Waals surface area contributed by atoms with Crippen LogP contribution in [0.5, 0.6) is 0 Å². The minimum absolute atomic E-state index is 0.104. The Balaban J connectivity index is 1.42. The van der Waals surface area contributed by atoms with Crippen LogP contribution in [0.25, 0.3) is 5.65 Å². The molecule has 6 heteroatoms. The number of carbonyl (C=O) groups is 2. The Kier molecular flexibility index (Phi) is 5.04. The van der Waals surface area contributed by atoms with E-state index in [4.69, 9.17) is 0 Å². The van der Waals surface area contributed by atoms with Gasteiger partial charge in [0, 0.05) is 36.3 Å². The molecule has 1 amide bonds. The summed E-state index contributed by atoms with van der Waals surface area (Å²) in [6.45, 7) is 1.22. The smallest absolute Gasteiger partial charge is 0.254 e. The van der Waals surface area contributed by atoms with Crippen LogP contribution in [0.4, 0.5) is 0 Å². The van der Waals surface area contributed by atoms with Crippen LogP contribution in [-0.4, -0.2) is 44.3 Å². The molecule has 1 aliphatic rings. The molecule has 1 saturated heterocycles. The fourth-order valence-electron chi connectivity index (χ4n) is 4.29. The molecule has 0 aliphatic carbocycles. The van der Waals surface area contributed by atoms with Crippen LogP contribution in [0.1, 0.15) is 50.9 Å². The van der Waals surface area contributed by atoms with Gasteiger partial charge < -0.3 is 4.90 Å². The lowest BCUT2D eigenvalue weighted by molar-refractivity contribution is 0.0700. The number of benzene rings is 2. The molecule has 1 aliphatic heterocycles. The molecule has 154 valence electrons. The second kappa shape index (κ2) is 8.14. The van der Waals surface area contributed by atoms with E-state index in [1.807, 2.05) is 58.0 Å². The molecule has 1 atom stereocenters. The van der Waals surface area contributed by atoms with Gasteiger partial charge in [0.05, 0.1) is 5.56 Å². The molecule has 1 fully saturated rings. The van der Waals surface area contributed by atoms with Crippen LogP contribution in [0.15, 0.2) is 79.0 Å². The number of carbonyl (C=O) groups excluding carboxylic acids is 2. The highest BCUT2D eigenvalue weighted by atomic mass is 16.2. The number of hydrogen-bond donors (Lipinski definition) is 0. The van der Waals surface area contributed by atoms with Crippen molar-refractivity contribution < 1.29 is 9.59 Å². The minimum atomic E-state index is -0.137. The van der Waals surface area contributed by atoms with E-state index in [0.29, 0.717) is 29.8 Å². The first-order valence-corrected chi connectivity index (χ1v) is 10.5. The molecule has 5 rings (SSSR count). The lowest BCUT2D eigenvalue weighted by atomic mass is 9.94. The van der Waals surface area contributed by atoms with E-state index in [-0.39, 0.29) is 17.6 Å². The molecule has 0 N–H and O–H groups in total. The van der Waals surface area contributed by atoms with E-state index < -0.39 is 0 Å². The third-order valence-corrected chi connectivity index (χ3v) is 5.85. The third kappa shape index (κ3) is 3.61. The lowest BCUT2D eigenvalue weighted by Crippen LogP contribution is -2.40. The molecule has 0 saturated carbocycles. The van der Waals surface area contributed by atoms with Crippen LogP contribution < -0.4 is 0 Å². The second-order valence-corrected chi connectivity index (χ2v) is 7.82. The van der Waals surface area contributed by atoms with E-state index in [1.54, 1.807) is 30.3 Å². The molecular weight excluding hydrogens is 388 g/mol. The van der Waals surface area contributed by atoms with E-state index in [9.17, 15) is 9.59 Å². The zero-order valence-electron chi connectivity index (χ0n) is 17.0. The number of hydrogen-bond acceptors (Lipinski definition) is 4. The van der Waals surface area contributed by atoms with Gasteiger partial charge in [-0.15, -0.1) is 10.2 Å². The van der Waals surface area contributed by atoms with Crippen molar-refractivity contribution in [1.82, 2.24) is 19.5 Å². The summed E-state index contributed by atoms with van der Waals surface area (Å²) < 4.78 is 1.99. The van der Waals surface area contributed by atoms with Crippen molar-refractivity contribution in [2.24, 2.45) is 0 Å². The Morgan fingerprint density at radius 3 is 2.42 bits per heavy atom. The Bertz CT molecular complexity index is 1250. The number of aromatic nitrogens is 3. The van der Waals surface area contributed by atoms with Gasteiger partial charge in [-0.1, -0.05) is 54.6 Å². The summed E-state index contributed by atoms with van der Waals surface area (Å²) in [4.78, 5) is 28.4. The number of fused-ring (bicyclic) bond motifs is 1. The highest BCUT2D eigenvalue weighted by Gasteiger charge is 2.30. The van der Waals surface area contributed by atoms with Crippen LogP contribution in [0.2, 0.25) is 0 Å². The maximum atomic E-state index is 13.5. The molecule has 4 aromatic rings. The fraction of sp³-hybridized carbons (Fsp3) is 0.200. The van der Waals surface area contributed by atoms with E-state index in [0.717, 1.165) is 24.3 Å². The van der Waals surface area contributed by atoms with Crippen molar-refractivity contribution in [2.45, 2.75) is 18.8 Å². The highest BCUT2D eigenvalue weighted by molar-refractivity contribution is 6.15. The zero-order valence-corrected chi connectivity index (χ0v) is 17.0. The predicted octanol–water partition coefficient (Wildman–Crippen LogP) is 3.98. The van der Waals surface area contributed by atoms with Gasteiger partial charge in [0.1, 0.15) is 5.82 Å². The summed E-state index contributed by atoms with van der Waals surface area (Å²) in [5, 5.41) is 8.65. The van der Waals surface area contributed by atoms with Crippen molar-refractivity contribution >= 4 is 17.3 Å². The second-order valence-electron chi connectivity index (χ2n) is 7.82. The standard InChI is InChI=1S/C25H22N4O2/c30-23(18-9-2-1-3-10-18)20-12-4-5-13-21(20)25(31)28-15-8-11-19(17-28)24-27-26-22-14-6-7-16-29(22)24/h1-7,9-10,12-14,16,19H,8,11,15,17H2. The predicted molar refractivity (Wildman–Crippen MR) is 117 cm³/mol. The molecule has 31 heavy (non-hydrogen) atoms. The average molecular weight is 410 g/mol. The summed E-state index contributed by atoms with van der Waals surface area (Å²) >= 11 is 0. The number of nitrogens with zero attached hydrogens (tertiary/aromatic N) is 4. The van der Waals surface area contributed by atoms with Crippen molar-refractivity contribution in [3.63, 3.8) is 0 Å². The number of pyridine rings is 1. The van der Waals surface area contributed by atoms with Gasteiger partial charge in [-0.2, -0.15) is 0 Å². The summed E-state index contributed by atoms with van der Waals surface area (Å²) in [5.41, 5.74) is 2.27. The Morgan fingerprint density at radius 2 is 1.58 bits per heavy atom. The summed E-state index contributed by atoms with van der Waals surface area (Å²) in [5.74, 6) is 0.730. The Morgan fingerprint density at radius 1 is 0.839 bits per heavy atom. The van der Waals surface area contributed by atoms with Gasteiger partial charge in [0.15, 0.2) is 11.4 Å². The number of likely N-dealkylation sites (tertiary alicyclic amines) is 1. The molecule has 0 bridgehead atoms. The molecule has 2 aromatic carbocycles. The van der Waals surface area contributed by atoms with Gasteiger partial charge in [0.25, 0.3) is 5.91 Å². The summed E-state index contributed by atoms with van der Waals surface area (Å²) in [6, 6.07) is 22.0. The summed E-state index contributed by atoms with van der Waals surface area (Å²) in [6.07, 6.45) is 3.79. The topological polar surface area (TPSA) is 67.6 Å². The van der Waals surface area contributed by atoms with E-state index in [2.05, 4.69) is 10.2 Å². The highest BCUT2D eigenvalue weighted by Crippen LogP contribution is 2.28. The quantitative estimate of drug-likeness (QED) is 0.477. The number of rotatable bonds is 4. The summed E-state index contributed by atoms with van der Waals surface area (Å²) in [7, 11) is 0. The lowest BCUT2D eigenvalue weighted by Gasteiger charge is -2.32. The third-order valence-electron chi connectivity index (χ3n) is 5.85. The Hall–Kier alpha value is -3.80. The SMILES string of the molecule is O=C(c1ccccc1)c1ccccc1C(=O)N1CCCC(c2nnc3ccccn23)C1. The fourth-order valence-corrected chi connectivity index (χ4v) is 4.29. The van der Waals surface area contributed by atoms with Crippen LogP contribution in [0.3, 0.4) is 0 Å². The largest absolute Gasteiger partial charge is 0.338 e. The number of amides is 1. The van der Waals surface area contributed by atoms with Gasteiger partial charge in [-0.05, 0) is 31.0 Å². The van der Waals surface area contributed by atoms with Crippen LogP contribution in [-0.2, 0) is 0 Å². The van der Waals surface area contributed by atoms with Gasteiger partial charge >= 0.3 is 0 Å². The average Bonchev–Trinajstić information content (AvgIpc) is 3.28. The van der Waals surface area contributed by atoms with Gasteiger partial charge in [0.2, 0.25) is 0 Å². The Labute approximate surface area is 180 Å². The van der Waals surface area contributed by atoms with Gasteiger partial charge in [-0.3, -0.25) is 14.0 Å². The molecule has 1 unspecified atom stereocenters. The first-order chi connectivity index (χ1) is 15.2.